The molecular formula is C19H24F3N5O2S. The van der Waals surface area contributed by atoms with Gasteiger partial charge in [-0.3, -0.25) is 0 Å². The smallest absolute Gasteiger partial charge is 0.363 e. The Morgan fingerprint density at radius 3 is 2.13 bits per heavy atom. The van der Waals surface area contributed by atoms with Crippen molar-refractivity contribution in [2.75, 3.05) is 50.1 Å². The van der Waals surface area contributed by atoms with Gasteiger partial charge in [0.1, 0.15) is 5.82 Å². The second kappa shape index (κ2) is 8.03. The second-order valence-corrected chi connectivity index (χ2v) is 9.38. The topological polar surface area (TPSA) is 69.6 Å². The predicted molar refractivity (Wildman–Crippen MR) is 108 cm³/mol. The van der Waals surface area contributed by atoms with E-state index < -0.39 is 21.9 Å². The van der Waals surface area contributed by atoms with Crippen LogP contribution in [0.2, 0.25) is 0 Å². The van der Waals surface area contributed by atoms with Crippen LogP contribution in [0.1, 0.15) is 16.8 Å². The third kappa shape index (κ3) is 4.51. The molecule has 30 heavy (non-hydrogen) atoms. The summed E-state index contributed by atoms with van der Waals surface area (Å²) in [6.07, 6.45) is -4.60. The van der Waals surface area contributed by atoms with E-state index in [1.807, 2.05) is 13.8 Å². The van der Waals surface area contributed by atoms with Gasteiger partial charge in [0, 0.05) is 46.3 Å². The average molecular weight is 443 g/mol. The van der Waals surface area contributed by atoms with Gasteiger partial charge < -0.3 is 9.80 Å². The quantitative estimate of drug-likeness (QED) is 0.724. The molecule has 1 aliphatic heterocycles. The van der Waals surface area contributed by atoms with E-state index in [0.29, 0.717) is 0 Å². The number of alkyl halides is 3. The zero-order valence-electron chi connectivity index (χ0n) is 17.2. The number of benzene rings is 1. The van der Waals surface area contributed by atoms with E-state index in [1.165, 1.54) is 9.21 Å². The zero-order valence-corrected chi connectivity index (χ0v) is 18.0. The molecule has 1 aliphatic rings. The summed E-state index contributed by atoms with van der Waals surface area (Å²) in [4.78, 5) is 11.1. The number of rotatable bonds is 4. The molecule has 0 N–H and O–H groups in total. The summed E-state index contributed by atoms with van der Waals surface area (Å²) in [7, 11) is -0.487. The van der Waals surface area contributed by atoms with Gasteiger partial charge in [-0.2, -0.15) is 22.5 Å². The van der Waals surface area contributed by atoms with Gasteiger partial charge in [0.25, 0.3) is 0 Å². The SMILES string of the molecule is Cc1ccc(S(=O)(=O)N2CCN(c3nc(N(C)C)cc(C(F)(F)F)n3)CC2)cc1C. The van der Waals surface area contributed by atoms with Crippen molar-refractivity contribution in [3.8, 4) is 0 Å². The molecule has 0 radical (unpaired) electrons. The molecule has 0 amide bonds. The maximum atomic E-state index is 13.2. The number of sulfonamides is 1. The van der Waals surface area contributed by atoms with Gasteiger partial charge in [-0.25, -0.2) is 13.4 Å². The highest BCUT2D eigenvalue weighted by Crippen LogP contribution is 2.31. The zero-order chi connectivity index (χ0) is 22.3. The summed E-state index contributed by atoms with van der Waals surface area (Å²) in [5.74, 6) is 0.0780. The first-order valence-electron chi connectivity index (χ1n) is 9.35. The number of aromatic nitrogens is 2. The minimum absolute atomic E-state index is 0.0586. The first kappa shape index (κ1) is 22.3. The molecule has 0 atom stereocenters. The fraction of sp³-hybridized carbons (Fsp3) is 0.474. The third-order valence-electron chi connectivity index (χ3n) is 5.09. The van der Waals surface area contributed by atoms with Crippen LogP contribution in [-0.4, -0.2) is 63.0 Å². The molecule has 0 unspecified atom stereocenters. The summed E-state index contributed by atoms with van der Waals surface area (Å²) in [5, 5.41) is 0. The van der Waals surface area contributed by atoms with Crippen LogP contribution in [0.25, 0.3) is 0 Å². The second-order valence-electron chi connectivity index (χ2n) is 7.44. The highest BCUT2D eigenvalue weighted by Gasteiger charge is 2.35. The van der Waals surface area contributed by atoms with Crippen LogP contribution in [-0.2, 0) is 16.2 Å². The molecule has 0 spiro atoms. The molecule has 0 aliphatic carbocycles. The standard InChI is InChI=1S/C19H24F3N5O2S/c1-13-5-6-15(11-14(13)2)30(28,29)27-9-7-26(8-10-27)18-23-16(19(20,21)22)12-17(24-18)25(3)4/h5-6,11-12H,7-10H2,1-4H3. The van der Waals surface area contributed by atoms with Crippen molar-refractivity contribution < 1.29 is 21.6 Å². The van der Waals surface area contributed by atoms with Gasteiger partial charge in [0.05, 0.1) is 4.90 Å². The van der Waals surface area contributed by atoms with E-state index in [4.69, 9.17) is 0 Å². The van der Waals surface area contributed by atoms with Gasteiger partial charge in [-0.15, -0.1) is 0 Å². The molecule has 1 saturated heterocycles. The Labute approximate surface area is 174 Å². The molecule has 1 aromatic carbocycles. The largest absolute Gasteiger partial charge is 0.433 e. The highest BCUT2D eigenvalue weighted by molar-refractivity contribution is 7.89. The van der Waals surface area contributed by atoms with Crippen molar-refractivity contribution in [1.82, 2.24) is 14.3 Å². The van der Waals surface area contributed by atoms with E-state index in [9.17, 15) is 21.6 Å². The van der Waals surface area contributed by atoms with Crippen LogP contribution in [0, 0.1) is 13.8 Å². The predicted octanol–water partition coefficient (Wildman–Crippen LogP) is 2.69. The maximum absolute atomic E-state index is 13.2. The number of hydrogen-bond donors (Lipinski definition) is 0. The fourth-order valence-corrected chi connectivity index (χ4v) is 4.60. The summed E-state index contributed by atoms with van der Waals surface area (Å²) >= 11 is 0. The molecule has 2 aromatic rings. The molecule has 2 heterocycles. The van der Waals surface area contributed by atoms with Crippen LogP contribution in [0.4, 0.5) is 24.9 Å². The number of aryl methyl sites for hydroxylation is 2. The van der Waals surface area contributed by atoms with E-state index in [0.717, 1.165) is 17.2 Å². The van der Waals surface area contributed by atoms with Crippen molar-refractivity contribution in [2.45, 2.75) is 24.9 Å². The minimum Gasteiger partial charge on any atom is -0.363 e. The first-order valence-corrected chi connectivity index (χ1v) is 10.8. The molecule has 1 fully saturated rings. The lowest BCUT2D eigenvalue weighted by Crippen LogP contribution is -2.49. The summed E-state index contributed by atoms with van der Waals surface area (Å²) < 4.78 is 66.9. The summed E-state index contributed by atoms with van der Waals surface area (Å²) in [6, 6.07) is 5.86. The van der Waals surface area contributed by atoms with Crippen molar-refractivity contribution in [3.05, 3.63) is 41.1 Å². The fourth-order valence-electron chi connectivity index (χ4n) is 3.09. The molecule has 0 bridgehead atoms. The normalized spacial score (nSPS) is 16.0. The lowest BCUT2D eigenvalue weighted by atomic mass is 10.1. The lowest BCUT2D eigenvalue weighted by Gasteiger charge is -2.34. The Bertz CT molecular complexity index is 1030. The molecule has 11 heteroatoms. The Morgan fingerprint density at radius 1 is 0.967 bits per heavy atom. The van der Waals surface area contributed by atoms with Crippen LogP contribution < -0.4 is 9.80 Å². The maximum Gasteiger partial charge on any atom is 0.433 e. The van der Waals surface area contributed by atoms with E-state index in [1.54, 1.807) is 37.2 Å². The number of hydrogen-bond acceptors (Lipinski definition) is 6. The Balaban J connectivity index is 1.81. The average Bonchev–Trinajstić information content (AvgIpc) is 2.69. The van der Waals surface area contributed by atoms with Crippen molar-refractivity contribution >= 4 is 21.8 Å². The molecule has 0 saturated carbocycles. The lowest BCUT2D eigenvalue weighted by molar-refractivity contribution is -0.141. The Kier molecular flexibility index (Phi) is 5.96. The minimum atomic E-state index is -4.60. The van der Waals surface area contributed by atoms with Crippen LogP contribution in [0.15, 0.2) is 29.2 Å². The molecule has 164 valence electrons. The number of anilines is 2. The van der Waals surface area contributed by atoms with Gasteiger partial charge in [-0.1, -0.05) is 6.07 Å². The van der Waals surface area contributed by atoms with Gasteiger partial charge in [0.15, 0.2) is 5.69 Å². The summed E-state index contributed by atoms with van der Waals surface area (Å²) in [5.41, 5.74) is 0.849. The van der Waals surface area contributed by atoms with Crippen LogP contribution >= 0.6 is 0 Å². The third-order valence-corrected chi connectivity index (χ3v) is 6.98. The van der Waals surface area contributed by atoms with Crippen LogP contribution in [0.3, 0.4) is 0 Å². The Morgan fingerprint density at radius 2 is 1.60 bits per heavy atom. The van der Waals surface area contributed by atoms with Gasteiger partial charge in [-0.05, 0) is 37.1 Å². The van der Waals surface area contributed by atoms with E-state index in [2.05, 4.69) is 9.97 Å². The van der Waals surface area contributed by atoms with Gasteiger partial charge in [0.2, 0.25) is 16.0 Å². The molecule has 1 aromatic heterocycles. The van der Waals surface area contributed by atoms with Crippen molar-refractivity contribution in [3.63, 3.8) is 0 Å². The Hall–Kier alpha value is -2.40. The molecule has 7 nitrogen and oxygen atoms in total. The van der Waals surface area contributed by atoms with Gasteiger partial charge >= 0.3 is 6.18 Å². The number of nitrogens with zero attached hydrogens (tertiary/aromatic N) is 5. The van der Waals surface area contributed by atoms with Crippen molar-refractivity contribution in [1.29, 1.82) is 0 Å². The van der Waals surface area contributed by atoms with E-state index in [-0.39, 0.29) is 42.8 Å². The van der Waals surface area contributed by atoms with Crippen molar-refractivity contribution in [2.24, 2.45) is 0 Å². The first-order chi connectivity index (χ1) is 13.9. The highest BCUT2D eigenvalue weighted by atomic mass is 32.2. The monoisotopic (exact) mass is 443 g/mol. The van der Waals surface area contributed by atoms with E-state index >= 15 is 0 Å². The number of piperazine rings is 1. The molecule has 3 rings (SSSR count). The molecular weight excluding hydrogens is 419 g/mol. The summed E-state index contributed by atoms with van der Waals surface area (Å²) in [6.45, 7) is 4.40. The number of halogens is 3. The van der Waals surface area contributed by atoms with Crippen LogP contribution in [0.5, 0.6) is 0 Å².